The van der Waals surface area contributed by atoms with Gasteiger partial charge in [-0.05, 0) is 61.5 Å². The molecule has 0 aromatic heterocycles. The van der Waals surface area contributed by atoms with Crippen LogP contribution >= 0.6 is 35.8 Å². The predicted octanol–water partition coefficient (Wildman–Crippen LogP) is 8.25. The van der Waals surface area contributed by atoms with Gasteiger partial charge in [0.2, 0.25) is 5.78 Å². The van der Waals surface area contributed by atoms with E-state index in [1.807, 2.05) is 23.9 Å². The van der Waals surface area contributed by atoms with Crippen LogP contribution in [0.4, 0.5) is 0 Å². The van der Waals surface area contributed by atoms with Crippen LogP contribution in [-0.2, 0) is 0 Å². The Morgan fingerprint density at radius 1 is 0.902 bits per heavy atom. The Labute approximate surface area is 257 Å². The zero-order chi connectivity index (χ0) is 28.6. The van der Waals surface area contributed by atoms with E-state index in [0.29, 0.717) is 11.3 Å². The van der Waals surface area contributed by atoms with E-state index in [1.54, 1.807) is 30.3 Å². The van der Waals surface area contributed by atoms with E-state index in [4.69, 9.17) is 21.1 Å². The minimum atomic E-state index is -0.294. The molecule has 4 aromatic carbocycles. The summed E-state index contributed by atoms with van der Waals surface area (Å²) >= 11 is 8.03. The fourth-order valence-electron chi connectivity index (χ4n) is 4.35. The van der Waals surface area contributed by atoms with E-state index in [-0.39, 0.29) is 35.3 Å². The summed E-state index contributed by atoms with van der Waals surface area (Å²) < 4.78 is 10.2. The molecule has 0 amide bonds. The first-order valence-electron chi connectivity index (χ1n) is 12.8. The van der Waals surface area contributed by atoms with E-state index in [2.05, 4.69) is 61.5 Å². The Balaban J connectivity index is 0.000000221. The summed E-state index contributed by atoms with van der Waals surface area (Å²) in [7, 11) is 7.13. The van der Waals surface area contributed by atoms with E-state index in [1.165, 1.54) is 46.8 Å². The number of fused-ring (bicyclic) bond motifs is 2. The van der Waals surface area contributed by atoms with Crippen molar-refractivity contribution < 1.29 is 19.4 Å². The maximum atomic E-state index is 12.4. The van der Waals surface area contributed by atoms with Gasteiger partial charge in [0.25, 0.3) is 0 Å². The van der Waals surface area contributed by atoms with Crippen LogP contribution < -0.4 is 9.47 Å². The number of hydrogen-bond donors (Lipinski definition) is 1. The highest BCUT2D eigenvalue weighted by molar-refractivity contribution is 7.99. The van der Waals surface area contributed by atoms with Gasteiger partial charge >= 0.3 is 0 Å². The van der Waals surface area contributed by atoms with Gasteiger partial charge in [0.15, 0.2) is 0 Å². The molecule has 1 aliphatic heterocycles. The third kappa shape index (κ3) is 7.86. The number of nitrogens with zero attached hydrogens (tertiary/aromatic N) is 1. The molecule has 0 fully saturated rings. The topological polar surface area (TPSA) is 59.0 Å². The number of carbonyl (C=O) groups excluding carboxylic acids is 1. The van der Waals surface area contributed by atoms with Crippen LogP contribution in [0, 0.1) is 0 Å². The van der Waals surface area contributed by atoms with Crippen LogP contribution in [0.2, 0.25) is 5.02 Å². The number of carbonyl (C=O) groups is 1. The van der Waals surface area contributed by atoms with E-state index < -0.39 is 0 Å². The Morgan fingerprint density at radius 2 is 1.59 bits per heavy atom. The van der Waals surface area contributed by atoms with Crippen molar-refractivity contribution in [3.05, 3.63) is 118 Å². The highest BCUT2D eigenvalue weighted by Gasteiger charge is 2.21. The molecule has 214 valence electrons. The maximum absolute atomic E-state index is 12.4. The van der Waals surface area contributed by atoms with Crippen molar-refractivity contribution in [2.75, 3.05) is 34.9 Å². The predicted molar refractivity (Wildman–Crippen MR) is 171 cm³/mol. The third-order valence-corrected chi connectivity index (χ3v) is 7.71. The van der Waals surface area contributed by atoms with E-state index >= 15 is 0 Å². The molecule has 5 rings (SSSR count). The van der Waals surface area contributed by atoms with Gasteiger partial charge in [-0.25, -0.2) is 0 Å². The van der Waals surface area contributed by atoms with Crippen molar-refractivity contribution in [1.29, 1.82) is 0 Å². The van der Waals surface area contributed by atoms with Crippen molar-refractivity contribution >= 4 is 47.1 Å². The second-order valence-corrected chi connectivity index (χ2v) is 10.9. The molecule has 8 heteroatoms. The van der Waals surface area contributed by atoms with Crippen LogP contribution in [0.15, 0.2) is 101 Å². The third-order valence-electron chi connectivity index (χ3n) is 6.33. The molecule has 0 spiro atoms. The first-order chi connectivity index (χ1) is 19.3. The van der Waals surface area contributed by atoms with E-state index in [9.17, 15) is 9.90 Å². The number of aromatic hydroxyl groups is 1. The van der Waals surface area contributed by atoms with Crippen LogP contribution in [-0.4, -0.2) is 50.6 Å². The first-order valence-corrected chi connectivity index (χ1v) is 14.0. The number of methoxy groups -OCH3 is 2. The van der Waals surface area contributed by atoms with E-state index in [0.717, 1.165) is 18.0 Å². The quantitative estimate of drug-likeness (QED) is 0.187. The number of hydrogen-bond acceptors (Lipinski definition) is 6. The molecule has 0 aliphatic carbocycles. The summed E-state index contributed by atoms with van der Waals surface area (Å²) in [4.78, 5) is 17.2. The molecule has 0 unspecified atom stereocenters. The average Bonchev–Trinajstić information content (AvgIpc) is 2.96. The second kappa shape index (κ2) is 15.0. The maximum Gasteiger partial charge on any atom is 0.200 e. The largest absolute Gasteiger partial charge is 0.507 e. The lowest BCUT2D eigenvalue weighted by Crippen LogP contribution is -2.12. The summed E-state index contributed by atoms with van der Waals surface area (Å²) in [6, 6.07) is 26.5. The Morgan fingerprint density at radius 3 is 2.27 bits per heavy atom. The Hall–Kier alpha value is -3.42. The number of halogens is 2. The molecule has 4 aromatic rings. The normalized spacial score (nSPS) is 12.4. The van der Waals surface area contributed by atoms with Gasteiger partial charge in [-0.15, -0.1) is 12.4 Å². The molecule has 1 aliphatic rings. The van der Waals surface area contributed by atoms with Gasteiger partial charge in [-0.1, -0.05) is 78.0 Å². The fourth-order valence-corrected chi connectivity index (χ4v) is 5.61. The molecule has 0 saturated heterocycles. The number of benzene rings is 4. The summed E-state index contributed by atoms with van der Waals surface area (Å²) in [5, 5.41) is 10.8. The monoisotopic (exact) mass is 609 g/mol. The van der Waals surface area contributed by atoms with Gasteiger partial charge in [-0.2, -0.15) is 0 Å². The van der Waals surface area contributed by atoms with Crippen molar-refractivity contribution in [2.24, 2.45) is 0 Å². The molecular weight excluding hydrogens is 577 g/mol. The molecule has 1 heterocycles. The van der Waals surface area contributed by atoms with Crippen molar-refractivity contribution in [1.82, 2.24) is 4.90 Å². The Kier molecular flexibility index (Phi) is 11.7. The zero-order valence-electron chi connectivity index (χ0n) is 23.4. The molecule has 41 heavy (non-hydrogen) atoms. The number of phenolic OH excluding ortho intramolecular Hbond substituents is 1. The molecule has 0 atom stereocenters. The molecular formula is C33H33Cl2NO4S. The summed E-state index contributed by atoms with van der Waals surface area (Å²) in [5.41, 5.74) is 4.50. The molecule has 5 nitrogen and oxygen atoms in total. The minimum absolute atomic E-state index is 0. The number of ketones is 1. The van der Waals surface area contributed by atoms with Gasteiger partial charge in [-0.3, -0.25) is 4.79 Å². The highest BCUT2D eigenvalue weighted by atomic mass is 35.5. The number of ether oxygens (including phenoxy) is 2. The lowest BCUT2D eigenvalue weighted by molar-refractivity contribution is 0.103. The second-order valence-electron chi connectivity index (χ2n) is 9.37. The molecule has 0 radical (unpaired) electrons. The van der Waals surface area contributed by atoms with Crippen LogP contribution in [0.25, 0.3) is 5.57 Å². The standard InChI is InChI=1S/C18H18ClNS.C15H14O4.ClH/c1-20(2)11-5-7-14-15-6-3-4-8-17(15)21-18-10-9-13(19)12-16(14)18;1-18-11-8-12(16)14(13(9-11)19-2)15(17)10-6-4-3-5-7-10;/h3-4,6-10,12H,5,11H2,1-2H3;3-9,16H,1-2H3;1H. The van der Waals surface area contributed by atoms with Gasteiger partial charge in [0, 0.05) is 39.1 Å². The van der Waals surface area contributed by atoms with Crippen LogP contribution in [0.1, 0.15) is 33.5 Å². The lowest BCUT2D eigenvalue weighted by Gasteiger charge is -2.22. The van der Waals surface area contributed by atoms with Gasteiger partial charge < -0.3 is 19.5 Å². The fraction of sp³-hybridized carbons (Fsp3) is 0.182. The van der Waals surface area contributed by atoms with Crippen molar-refractivity contribution in [3.8, 4) is 17.2 Å². The van der Waals surface area contributed by atoms with Crippen molar-refractivity contribution in [2.45, 2.75) is 16.2 Å². The lowest BCUT2D eigenvalue weighted by atomic mass is 9.96. The average molecular weight is 611 g/mol. The van der Waals surface area contributed by atoms with Gasteiger partial charge in [0.05, 0.1) is 14.2 Å². The van der Waals surface area contributed by atoms with Crippen LogP contribution in [0.5, 0.6) is 17.2 Å². The minimum Gasteiger partial charge on any atom is -0.507 e. The van der Waals surface area contributed by atoms with Crippen LogP contribution in [0.3, 0.4) is 0 Å². The SMILES string of the molecule is CN(C)CCC=C1c2ccccc2Sc2ccc(Cl)cc21.COc1cc(O)c(C(=O)c2ccccc2)c(OC)c1.Cl. The first kappa shape index (κ1) is 32.1. The molecule has 1 N–H and O–H groups in total. The Bertz CT molecular complexity index is 1520. The smallest absolute Gasteiger partial charge is 0.200 e. The van der Waals surface area contributed by atoms with Crippen molar-refractivity contribution in [3.63, 3.8) is 0 Å². The molecule has 0 saturated carbocycles. The summed E-state index contributed by atoms with van der Waals surface area (Å²) in [6.07, 6.45) is 3.38. The summed E-state index contributed by atoms with van der Waals surface area (Å²) in [5.74, 6) is 0.257. The number of rotatable bonds is 7. The van der Waals surface area contributed by atoms with Gasteiger partial charge in [0.1, 0.15) is 22.8 Å². The molecule has 0 bridgehead atoms. The number of phenols is 1. The highest BCUT2D eigenvalue weighted by Crippen LogP contribution is 2.46. The zero-order valence-corrected chi connectivity index (χ0v) is 25.8. The summed E-state index contributed by atoms with van der Waals surface area (Å²) in [6.45, 7) is 1.05.